The molecule has 1 aromatic carbocycles. The SMILES string of the molecule is Cc1ccccc1C(C)NCCc1ccccn1. The first-order valence-corrected chi connectivity index (χ1v) is 6.46. The first kappa shape index (κ1) is 12.8. The Morgan fingerprint density at radius 1 is 1.11 bits per heavy atom. The lowest BCUT2D eigenvalue weighted by Crippen LogP contribution is -2.22. The van der Waals surface area contributed by atoms with Crippen molar-refractivity contribution in [1.82, 2.24) is 10.3 Å². The topological polar surface area (TPSA) is 24.9 Å². The standard InChI is InChI=1S/C16H20N2/c1-13-7-3-4-9-16(13)14(2)17-12-10-15-8-5-6-11-18-15/h3-9,11,14,17H,10,12H2,1-2H3. The van der Waals surface area contributed by atoms with Crippen LogP contribution in [0.3, 0.4) is 0 Å². The minimum absolute atomic E-state index is 0.384. The molecule has 2 nitrogen and oxygen atoms in total. The molecule has 0 fully saturated rings. The summed E-state index contributed by atoms with van der Waals surface area (Å²) >= 11 is 0. The Kier molecular flexibility index (Phi) is 4.48. The van der Waals surface area contributed by atoms with Crippen molar-refractivity contribution in [2.24, 2.45) is 0 Å². The van der Waals surface area contributed by atoms with Crippen molar-refractivity contribution in [3.8, 4) is 0 Å². The maximum Gasteiger partial charge on any atom is 0.0416 e. The summed E-state index contributed by atoms with van der Waals surface area (Å²) in [5.74, 6) is 0. The number of aromatic nitrogens is 1. The number of hydrogen-bond acceptors (Lipinski definition) is 2. The van der Waals surface area contributed by atoms with E-state index in [1.807, 2.05) is 18.3 Å². The molecule has 2 rings (SSSR count). The average Bonchev–Trinajstić information content (AvgIpc) is 2.40. The molecule has 1 unspecified atom stereocenters. The smallest absolute Gasteiger partial charge is 0.0416 e. The van der Waals surface area contributed by atoms with Crippen LogP contribution in [0, 0.1) is 6.92 Å². The predicted octanol–water partition coefficient (Wildman–Crippen LogP) is 3.28. The normalized spacial score (nSPS) is 12.3. The van der Waals surface area contributed by atoms with Gasteiger partial charge in [-0.2, -0.15) is 0 Å². The van der Waals surface area contributed by atoms with Crippen LogP contribution in [-0.4, -0.2) is 11.5 Å². The molecule has 2 heteroatoms. The van der Waals surface area contributed by atoms with Crippen LogP contribution < -0.4 is 5.32 Å². The molecule has 94 valence electrons. The number of nitrogens with one attached hydrogen (secondary N) is 1. The number of nitrogens with zero attached hydrogens (tertiary/aromatic N) is 1. The summed E-state index contributed by atoms with van der Waals surface area (Å²) in [6.07, 6.45) is 2.82. The van der Waals surface area contributed by atoms with Crippen LogP contribution in [0.25, 0.3) is 0 Å². The number of benzene rings is 1. The van der Waals surface area contributed by atoms with Gasteiger partial charge in [-0.3, -0.25) is 4.98 Å². The second kappa shape index (κ2) is 6.31. The Morgan fingerprint density at radius 2 is 1.89 bits per heavy atom. The summed E-state index contributed by atoms with van der Waals surface area (Å²) in [4.78, 5) is 4.33. The fourth-order valence-electron chi connectivity index (χ4n) is 2.15. The molecule has 1 heterocycles. The Hall–Kier alpha value is -1.67. The zero-order valence-corrected chi connectivity index (χ0v) is 11.1. The van der Waals surface area contributed by atoms with Gasteiger partial charge in [-0.1, -0.05) is 30.3 Å². The van der Waals surface area contributed by atoms with Gasteiger partial charge in [-0.15, -0.1) is 0 Å². The van der Waals surface area contributed by atoms with Crippen molar-refractivity contribution in [3.05, 3.63) is 65.5 Å². The highest BCUT2D eigenvalue weighted by atomic mass is 14.9. The van der Waals surface area contributed by atoms with E-state index >= 15 is 0 Å². The lowest BCUT2D eigenvalue weighted by Gasteiger charge is -2.16. The maximum atomic E-state index is 4.33. The second-order valence-electron chi connectivity index (χ2n) is 4.60. The molecule has 1 aromatic heterocycles. The Morgan fingerprint density at radius 3 is 2.61 bits per heavy atom. The van der Waals surface area contributed by atoms with Crippen LogP contribution in [0.15, 0.2) is 48.7 Å². The molecular formula is C16H20N2. The molecule has 0 saturated heterocycles. The Bertz CT molecular complexity index is 479. The molecule has 18 heavy (non-hydrogen) atoms. The van der Waals surface area contributed by atoms with Crippen molar-refractivity contribution in [2.75, 3.05) is 6.54 Å². The summed E-state index contributed by atoms with van der Waals surface area (Å²) in [7, 11) is 0. The molecule has 0 spiro atoms. The summed E-state index contributed by atoms with van der Waals surface area (Å²) in [5.41, 5.74) is 3.86. The quantitative estimate of drug-likeness (QED) is 0.867. The highest BCUT2D eigenvalue weighted by molar-refractivity contribution is 5.28. The van der Waals surface area contributed by atoms with Crippen molar-refractivity contribution >= 4 is 0 Å². The molecule has 0 bridgehead atoms. The minimum Gasteiger partial charge on any atom is -0.310 e. The zero-order chi connectivity index (χ0) is 12.8. The molecule has 1 N–H and O–H groups in total. The van der Waals surface area contributed by atoms with Gasteiger partial charge in [0.2, 0.25) is 0 Å². The van der Waals surface area contributed by atoms with E-state index in [0.29, 0.717) is 6.04 Å². The zero-order valence-electron chi connectivity index (χ0n) is 11.1. The third-order valence-electron chi connectivity index (χ3n) is 3.21. The summed E-state index contributed by atoms with van der Waals surface area (Å²) in [6.45, 7) is 5.32. The first-order valence-electron chi connectivity index (χ1n) is 6.46. The van der Waals surface area contributed by atoms with Gasteiger partial charge in [-0.25, -0.2) is 0 Å². The molecule has 1 atom stereocenters. The van der Waals surface area contributed by atoms with Crippen LogP contribution in [0.4, 0.5) is 0 Å². The average molecular weight is 240 g/mol. The van der Waals surface area contributed by atoms with Crippen molar-refractivity contribution in [3.63, 3.8) is 0 Å². The van der Waals surface area contributed by atoms with E-state index in [1.54, 1.807) is 0 Å². The largest absolute Gasteiger partial charge is 0.310 e. The lowest BCUT2D eigenvalue weighted by molar-refractivity contribution is 0.571. The van der Waals surface area contributed by atoms with Crippen LogP contribution in [0.2, 0.25) is 0 Å². The predicted molar refractivity (Wildman–Crippen MR) is 75.5 cm³/mol. The van der Waals surface area contributed by atoms with Gasteiger partial charge in [0.15, 0.2) is 0 Å². The Labute approximate surface area is 109 Å². The number of aryl methyl sites for hydroxylation is 1. The van der Waals surface area contributed by atoms with E-state index in [2.05, 4.69) is 54.5 Å². The fourth-order valence-corrected chi connectivity index (χ4v) is 2.15. The summed E-state index contributed by atoms with van der Waals surface area (Å²) in [6, 6.07) is 15.0. The number of pyridine rings is 1. The fraction of sp³-hybridized carbons (Fsp3) is 0.312. The molecule has 2 aromatic rings. The van der Waals surface area contributed by atoms with E-state index in [-0.39, 0.29) is 0 Å². The van der Waals surface area contributed by atoms with Crippen LogP contribution in [0.5, 0.6) is 0 Å². The van der Waals surface area contributed by atoms with E-state index in [1.165, 1.54) is 11.1 Å². The van der Waals surface area contributed by atoms with Gasteiger partial charge in [0.1, 0.15) is 0 Å². The third kappa shape index (κ3) is 3.41. The van der Waals surface area contributed by atoms with Gasteiger partial charge in [-0.05, 0) is 37.1 Å². The molecule has 0 aliphatic rings. The van der Waals surface area contributed by atoms with Crippen molar-refractivity contribution < 1.29 is 0 Å². The summed E-state index contributed by atoms with van der Waals surface area (Å²) < 4.78 is 0. The highest BCUT2D eigenvalue weighted by Gasteiger charge is 2.06. The van der Waals surface area contributed by atoms with E-state index in [9.17, 15) is 0 Å². The second-order valence-corrected chi connectivity index (χ2v) is 4.60. The molecule has 0 amide bonds. The molecule has 0 aliphatic carbocycles. The molecular weight excluding hydrogens is 220 g/mol. The minimum atomic E-state index is 0.384. The summed E-state index contributed by atoms with van der Waals surface area (Å²) in [5, 5.41) is 3.55. The van der Waals surface area contributed by atoms with Gasteiger partial charge < -0.3 is 5.32 Å². The van der Waals surface area contributed by atoms with Crippen molar-refractivity contribution in [2.45, 2.75) is 26.3 Å². The van der Waals surface area contributed by atoms with Gasteiger partial charge in [0.05, 0.1) is 0 Å². The lowest BCUT2D eigenvalue weighted by atomic mass is 10.0. The molecule has 0 radical (unpaired) electrons. The van der Waals surface area contributed by atoms with Crippen LogP contribution in [-0.2, 0) is 6.42 Å². The van der Waals surface area contributed by atoms with Crippen LogP contribution >= 0.6 is 0 Å². The van der Waals surface area contributed by atoms with Gasteiger partial charge in [0, 0.05) is 30.9 Å². The van der Waals surface area contributed by atoms with E-state index in [4.69, 9.17) is 0 Å². The number of hydrogen-bond donors (Lipinski definition) is 1. The van der Waals surface area contributed by atoms with E-state index in [0.717, 1.165) is 18.7 Å². The highest BCUT2D eigenvalue weighted by Crippen LogP contribution is 2.16. The first-order chi connectivity index (χ1) is 8.77. The Balaban J connectivity index is 1.86. The monoisotopic (exact) mass is 240 g/mol. The van der Waals surface area contributed by atoms with E-state index < -0.39 is 0 Å². The van der Waals surface area contributed by atoms with Gasteiger partial charge in [0.25, 0.3) is 0 Å². The van der Waals surface area contributed by atoms with Gasteiger partial charge >= 0.3 is 0 Å². The third-order valence-corrected chi connectivity index (χ3v) is 3.21. The van der Waals surface area contributed by atoms with Crippen LogP contribution in [0.1, 0.15) is 29.8 Å². The molecule has 0 aliphatic heterocycles. The molecule has 0 saturated carbocycles. The van der Waals surface area contributed by atoms with Crippen molar-refractivity contribution in [1.29, 1.82) is 0 Å². The number of rotatable bonds is 5. The maximum absolute atomic E-state index is 4.33.